The van der Waals surface area contributed by atoms with Gasteiger partial charge in [0.25, 0.3) is 0 Å². The van der Waals surface area contributed by atoms with E-state index in [0.717, 1.165) is 31.2 Å². The molecule has 1 aromatic rings. The Morgan fingerprint density at radius 3 is 2.72 bits per heavy atom. The first-order chi connectivity index (χ1) is 8.51. The molecule has 0 radical (unpaired) electrons. The average Bonchev–Trinajstić information content (AvgIpc) is 2.35. The number of halogens is 1. The van der Waals surface area contributed by atoms with Gasteiger partial charge in [0.05, 0.1) is 5.69 Å². The minimum Gasteiger partial charge on any atom is -0.323 e. The van der Waals surface area contributed by atoms with E-state index in [9.17, 15) is 4.79 Å². The van der Waals surface area contributed by atoms with Crippen molar-refractivity contribution in [3.63, 3.8) is 0 Å². The first-order valence-electron chi connectivity index (χ1n) is 6.45. The summed E-state index contributed by atoms with van der Waals surface area (Å²) in [5, 5.41) is 3.28. The highest BCUT2D eigenvalue weighted by molar-refractivity contribution is 6.32. The molecule has 3 nitrogen and oxygen atoms in total. The summed E-state index contributed by atoms with van der Waals surface area (Å²) in [6, 6.07) is 1.86. The lowest BCUT2D eigenvalue weighted by Gasteiger charge is -2.32. The highest BCUT2D eigenvalue weighted by Gasteiger charge is 2.34. The second-order valence-corrected chi connectivity index (χ2v) is 5.78. The predicted molar refractivity (Wildman–Crippen MR) is 73.8 cm³/mol. The normalized spacial score (nSPS) is 18.4. The van der Waals surface area contributed by atoms with Gasteiger partial charge in [-0.25, -0.2) is 4.98 Å². The number of rotatable bonds is 2. The molecule has 1 N–H and O–H groups in total. The third-order valence-corrected chi connectivity index (χ3v) is 4.03. The Balaban J connectivity index is 2.13. The molecule has 2 rings (SSSR count). The predicted octanol–water partition coefficient (Wildman–Crippen LogP) is 3.95. The van der Waals surface area contributed by atoms with Gasteiger partial charge in [-0.2, -0.15) is 0 Å². The first-order valence-corrected chi connectivity index (χ1v) is 6.83. The molecule has 0 aromatic carbocycles. The highest BCUT2D eigenvalue weighted by Crippen LogP contribution is 2.37. The number of pyridine rings is 1. The van der Waals surface area contributed by atoms with E-state index in [1.165, 1.54) is 6.42 Å². The maximum atomic E-state index is 12.4. The van der Waals surface area contributed by atoms with Crippen LogP contribution in [-0.4, -0.2) is 10.9 Å². The van der Waals surface area contributed by atoms with E-state index in [4.69, 9.17) is 11.6 Å². The van der Waals surface area contributed by atoms with Gasteiger partial charge in [-0.1, -0.05) is 37.8 Å². The summed E-state index contributed by atoms with van der Waals surface area (Å²) < 4.78 is 0. The van der Waals surface area contributed by atoms with Crippen LogP contribution in [0.25, 0.3) is 0 Å². The number of hydrogen-bond donors (Lipinski definition) is 1. The summed E-state index contributed by atoms with van der Waals surface area (Å²) in [4.78, 5) is 16.4. The zero-order valence-electron chi connectivity index (χ0n) is 10.9. The lowest BCUT2D eigenvalue weighted by atomic mass is 9.75. The molecule has 1 fully saturated rings. The van der Waals surface area contributed by atoms with Crippen LogP contribution in [0.15, 0.2) is 12.3 Å². The quantitative estimate of drug-likeness (QED) is 0.824. The van der Waals surface area contributed by atoms with Crippen LogP contribution in [0.4, 0.5) is 5.69 Å². The maximum absolute atomic E-state index is 12.4. The molecule has 0 atom stereocenters. The fourth-order valence-electron chi connectivity index (χ4n) is 2.47. The number of nitrogens with zero attached hydrogens (tertiary/aromatic N) is 1. The number of hydrogen-bond acceptors (Lipinski definition) is 2. The van der Waals surface area contributed by atoms with Crippen molar-refractivity contribution < 1.29 is 4.79 Å². The summed E-state index contributed by atoms with van der Waals surface area (Å²) in [5.74, 6) is 0.0662. The van der Waals surface area contributed by atoms with Gasteiger partial charge in [0.15, 0.2) is 5.15 Å². The molecule has 18 heavy (non-hydrogen) atoms. The fourth-order valence-corrected chi connectivity index (χ4v) is 2.62. The van der Waals surface area contributed by atoms with Crippen molar-refractivity contribution in [2.45, 2.75) is 46.0 Å². The topological polar surface area (TPSA) is 42.0 Å². The molecule has 1 heterocycles. The smallest absolute Gasteiger partial charge is 0.230 e. The van der Waals surface area contributed by atoms with E-state index < -0.39 is 0 Å². The summed E-state index contributed by atoms with van der Waals surface area (Å²) in [6.45, 7) is 3.97. The van der Waals surface area contributed by atoms with Gasteiger partial charge in [-0.05, 0) is 31.4 Å². The molecular formula is C14H19ClN2O. The van der Waals surface area contributed by atoms with Gasteiger partial charge in [-0.3, -0.25) is 4.79 Å². The third-order valence-electron chi connectivity index (χ3n) is 3.73. The van der Waals surface area contributed by atoms with E-state index in [1.54, 1.807) is 6.20 Å². The Morgan fingerprint density at radius 2 is 2.06 bits per heavy atom. The minimum atomic E-state index is -0.259. The largest absolute Gasteiger partial charge is 0.323 e. The summed E-state index contributed by atoms with van der Waals surface area (Å²) in [5.41, 5.74) is 1.35. The van der Waals surface area contributed by atoms with Gasteiger partial charge >= 0.3 is 0 Å². The number of amides is 1. The Hall–Kier alpha value is -1.09. The summed E-state index contributed by atoms with van der Waals surface area (Å²) in [7, 11) is 0. The van der Waals surface area contributed by atoms with Crippen molar-refractivity contribution in [1.29, 1.82) is 0 Å². The molecule has 0 unspecified atom stereocenters. The standard InChI is InChI=1S/C14H19ClN2O/c1-10-8-11(12(15)16-9-10)17-13(18)14(2)6-4-3-5-7-14/h8-9H,3-7H2,1-2H3,(H,17,18). The third kappa shape index (κ3) is 2.83. The molecule has 0 saturated heterocycles. The number of carbonyl (C=O) groups is 1. The van der Waals surface area contributed by atoms with Gasteiger partial charge in [0.1, 0.15) is 0 Å². The molecule has 1 amide bonds. The molecule has 1 aliphatic rings. The Morgan fingerprint density at radius 1 is 1.39 bits per heavy atom. The van der Waals surface area contributed by atoms with E-state index in [0.29, 0.717) is 10.8 Å². The van der Waals surface area contributed by atoms with Gasteiger partial charge < -0.3 is 5.32 Å². The van der Waals surface area contributed by atoms with E-state index in [1.807, 2.05) is 19.9 Å². The fraction of sp³-hybridized carbons (Fsp3) is 0.571. The van der Waals surface area contributed by atoms with Crippen LogP contribution < -0.4 is 5.32 Å². The van der Waals surface area contributed by atoms with E-state index >= 15 is 0 Å². The molecule has 4 heteroatoms. The van der Waals surface area contributed by atoms with Crippen LogP contribution in [0.1, 0.15) is 44.6 Å². The number of aryl methyl sites for hydroxylation is 1. The molecule has 1 saturated carbocycles. The number of aromatic nitrogens is 1. The van der Waals surface area contributed by atoms with Crippen LogP contribution in [0.2, 0.25) is 5.15 Å². The van der Waals surface area contributed by atoms with Crippen LogP contribution in [0.3, 0.4) is 0 Å². The minimum absolute atomic E-state index is 0.0662. The second-order valence-electron chi connectivity index (χ2n) is 5.43. The van der Waals surface area contributed by atoms with Gasteiger partial charge in [-0.15, -0.1) is 0 Å². The van der Waals surface area contributed by atoms with Crippen molar-refractivity contribution in [3.05, 3.63) is 23.0 Å². The number of nitrogens with one attached hydrogen (secondary N) is 1. The number of carbonyl (C=O) groups excluding carboxylic acids is 1. The van der Waals surface area contributed by atoms with Crippen LogP contribution in [0.5, 0.6) is 0 Å². The SMILES string of the molecule is Cc1cnc(Cl)c(NC(=O)C2(C)CCCCC2)c1. The van der Waals surface area contributed by atoms with Gasteiger partial charge in [0.2, 0.25) is 5.91 Å². The Kier molecular flexibility index (Phi) is 3.91. The molecule has 98 valence electrons. The van der Waals surface area contributed by atoms with Crippen molar-refractivity contribution in [2.75, 3.05) is 5.32 Å². The average molecular weight is 267 g/mol. The van der Waals surface area contributed by atoms with Crippen molar-refractivity contribution in [1.82, 2.24) is 4.98 Å². The summed E-state index contributed by atoms with van der Waals surface area (Å²) >= 11 is 6.00. The molecule has 0 aliphatic heterocycles. The second kappa shape index (κ2) is 5.27. The molecule has 1 aliphatic carbocycles. The zero-order chi connectivity index (χ0) is 13.2. The molecule has 0 bridgehead atoms. The zero-order valence-corrected chi connectivity index (χ0v) is 11.7. The van der Waals surface area contributed by atoms with E-state index in [2.05, 4.69) is 10.3 Å². The summed E-state index contributed by atoms with van der Waals surface area (Å²) in [6.07, 6.45) is 7.09. The van der Waals surface area contributed by atoms with Crippen LogP contribution in [0, 0.1) is 12.3 Å². The molecule has 1 aromatic heterocycles. The van der Waals surface area contributed by atoms with Gasteiger partial charge in [0, 0.05) is 11.6 Å². The van der Waals surface area contributed by atoms with Crippen molar-refractivity contribution >= 4 is 23.2 Å². The lowest BCUT2D eigenvalue weighted by Crippen LogP contribution is -2.35. The Labute approximate surface area is 113 Å². The number of anilines is 1. The van der Waals surface area contributed by atoms with Crippen LogP contribution in [-0.2, 0) is 4.79 Å². The van der Waals surface area contributed by atoms with Crippen molar-refractivity contribution in [2.24, 2.45) is 5.41 Å². The molecular weight excluding hydrogens is 248 g/mol. The van der Waals surface area contributed by atoms with E-state index in [-0.39, 0.29) is 11.3 Å². The highest BCUT2D eigenvalue weighted by atomic mass is 35.5. The monoisotopic (exact) mass is 266 g/mol. The maximum Gasteiger partial charge on any atom is 0.230 e. The molecule has 0 spiro atoms. The van der Waals surface area contributed by atoms with Crippen molar-refractivity contribution in [3.8, 4) is 0 Å². The lowest BCUT2D eigenvalue weighted by molar-refractivity contribution is -0.126. The Bertz CT molecular complexity index is 453. The first kappa shape index (κ1) is 13.3. The van der Waals surface area contributed by atoms with Crippen LogP contribution >= 0.6 is 11.6 Å².